The van der Waals surface area contributed by atoms with Crippen LogP contribution in [0.2, 0.25) is 20.1 Å². The molecule has 0 aliphatic heterocycles. The van der Waals surface area contributed by atoms with Gasteiger partial charge in [0.2, 0.25) is 0 Å². The minimum absolute atomic E-state index is 0.0177. The highest BCUT2D eigenvalue weighted by Crippen LogP contribution is 2.37. The van der Waals surface area contributed by atoms with Gasteiger partial charge in [-0.2, -0.15) is 0 Å². The van der Waals surface area contributed by atoms with E-state index in [4.69, 9.17) is 55.9 Å². The summed E-state index contributed by atoms with van der Waals surface area (Å²) in [5.41, 5.74) is 7.19. The zero-order chi connectivity index (χ0) is 19.4. The molecular formula is C18H20Cl4N2O2. The lowest BCUT2D eigenvalue weighted by molar-refractivity contribution is 0.242. The van der Waals surface area contributed by atoms with Gasteiger partial charge in [0.05, 0.1) is 43.7 Å². The van der Waals surface area contributed by atoms with E-state index < -0.39 is 0 Å². The van der Waals surface area contributed by atoms with Gasteiger partial charge in [0.15, 0.2) is 0 Å². The fourth-order valence-electron chi connectivity index (χ4n) is 2.07. The van der Waals surface area contributed by atoms with Crippen LogP contribution < -0.4 is 20.3 Å². The number of benzene rings is 2. The van der Waals surface area contributed by atoms with Crippen molar-refractivity contribution in [2.75, 3.05) is 10.9 Å². The number of anilines is 2. The number of hydrogen-bond donors (Lipinski definition) is 2. The quantitative estimate of drug-likeness (QED) is 0.445. The number of hydrazine groups is 1. The van der Waals surface area contributed by atoms with E-state index in [9.17, 15) is 0 Å². The van der Waals surface area contributed by atoms with Crippen LogP contribution in [0, 0.1) is 0 Å². The average Bonchev–Trinajstić information content (AvgIpc) is 2.51. The Kier molecular flexibility index (Phi) is 7.42. The molecule has 0 spiro atoms. The molecule has 0 radical (unpaired) electrons. The van der Waals surface area contributed by atoms with Crippen molar-refractivity contribution in [3.63, 3.8) is 0 Å². The summed E-state index contributed by atoms with van der Waals surface area (Å²) in [5, 5.41) is 1.74. The minimum Gasteiger partial charge on any atom is -0.489 e. The van der Waals surface area contributed by atoms with Crippen LogP contribution in [0.5, 0.6) is 11.5 Å². The monoisotopic (exact) mass is 436 g/mol. The van der Waals surface area contributed by atoms with Gasteiger partial charge in [-0.3, -0.25) is 10.9 Å². The zero-order valence-electron chi connectivity index (χ0n) is 14.8. The first-order valence-electron chi connectivity index (χ1n) is 8.00. The van der Waals surface area contributed by atoms with E-state index >= 15 is 0 Å². The second-order valence-electron chi connectivity index (χ2n) is 6.11. The van der Waals surface area contributed by atoms with Gasteiger partial charge >= 0.3 is 0 Å². The van der Waals surface area contributed by atoms with Crippen molar-refractivity contribution >= 4 is 57.8 Å². The Balaban J connectivity index is 2.23. The first-order valence-corrected chi connectivity index (χ1v) is 9.52. The van der Waals surface area contributed by atoms with E-state index in [0.717, 1.165) is 0 Å². The lowest BCUT2D eigenvalue weighted by atomic mass is 10.3. The van der Waals surface area contributed by atoms with Crippen molar-refractivity contribution in [1.29, 1.82) is 0 Å². The lowest BCUT2D eigenvalue weighted by Crippen LogP contribution is -2.12. The van der Waals surface area contributed by atoms with Crippen molar-refractivity contribution < 1.29 is 9.47 Å². The number of halogens is 4. The van der Waals surface area contributed by atoms with Crippen LogP contribution >= 0.6 is 46.4 Å². The van der Waals surface area contributed by atoms with Crippen LogP contribution in [-0.4, -0.2) is 12.2 Å². The fourth-order valence-corrected chi connectivity index (χ4v) is 3.02. The summed E-state index contributed by atoms with van der Waals surface area (Å²) < 4.78 is 11.3. The fraction of sp³-hybridized carbons (Fsp3) is 0.333. The molecule has 4 nitrogen and oxygen atoms in total. The van der Waals surface area contributed by atoms with Crippen LogP contribution in [0.4, 0.5) is 11.4 Å². The number of ether oxygens (including phenoxy) is 2. The van der Waals surface area contributed by atoms with Crippen LogP contribution in [0.25, 0.3) is 0 Å². The third-order valence-corrected chi connectivity index (χ3v) is 4.32. The van der Waals surface area contributed by atoms with Crippen LogP contribution in [-0.2, 0) is 0 Å². The molecule has 0 saturated carbocycles. The molecule has 142 valence electrons. The molecule has 0 saturated heterocycles. The Morgan fingerprint density at radius 1 is 0.615 bits per heavy atom. The number of hydrogen-bond acceptors (Lipinski definition) is 4. The Morgan fingerprint density at radius 3 is 1.27 bits per heavy atom. The largest absolute Gasteiger partial charge is 0.489 e. The second kappa shape index (κ2) is 9.14. The highest BCUT2D eigenvalue weighted by Gasteiger charge is 2.13. The van der Waals surface area contributed by atoms with Crippen LogP contribution in [0.1, 0.15) is 27.7 Å². The van der Waals surface area contributed by atoms with E-state index in [2.05, 4.69) is 10.9 Å². The molecule has 26 heavy (non-hydrogen) atoms. The molecule has 0 amide bonds. The van der Waals surface area contributed by atoms with Gasteiger partial charge < -0.3 is 9.47 Å². The number of rotatable bonds is 7. The topological polar surface area (TPSA) is 42.5 Å². The Labute approximate surface area is 173 Å². The van der Waals surface area contributed by atoms with E-state index in [1.165, 1.54) is 0 Å². The smallest absolute Gasteiger partial charge is 0.140 e. The molecule has 2 N–H and O–H groups in total. The summed E-state index contributed by atoms with van der Waals surface area (Å²) in [6.45, 7) is 7.67. The Hall–Kier alpha value is -1.20. The van der Waals surface area contributed by atoms with Gasteiger partial charge in [0.1, 0.15) is 11.5 Å². The SMILES string of the molecule is CC(C)Oc1cc(NNc2cc(OC(C)C)c(Cl)cc2Cl)c(Cl)cc1Cl. The summed E-state index contributed by atoms with van der Waals surface area (Å²) in [4.78, 5) is 0. The first kappa shape index (κ1) is 21.1. The second-order valence-corrected chi connectivity index (χ2v) is 7.74. The van der Waals surface area contributed by atoms with E-state index in [0.29, 0.717) is 43.0 Å². The summed E-state index contributed by atoms with van der Waals surface area (Å²) in [6, 6.07) is 6.66. The summed E-state index contributed by atoms with van der Waals surface area (Å²) >= 11 is 24.8. The van der Waals surface area contributed by atoms with Gasteiger partial charge in [-0.1, -0.05) is 46.4 Å². The van der Waals surface area contributed by atoms with Gasteiger partial charge in [0, 0.05) is 12.1 Å². The maximum Gasteiger partial charge on any atom is 0.140 e. The molecule has 0 heterocycles. The van der Waals surface area contributed by atoms with Crippen molar-refractivity contribution in [2.24, 2.45) is 0 Å². The van der Waals surface area contributed by atoms with Crippen molar-refractivity contribution in [1.82, 2.24) is 0 Å². The van der Waals surface area contributed by atoms with Crippen molar-refractivity contribution in [3.05, 3.63) is 44.4 Å². The highest BCUT2D eigenvalue weighted by molar-refractivity contribution is 6.38. The van der Waals surface area contributed by atoms with Crippen molar-refractivity contribution in [3.8, 4) is 11.5 Å². The molecule has 0 bridgehead atoms. The van der Waals surface area contributed by atoms with Gasteiger partial charge in [-0.05, 0) is 39.8 Å². The standard InChI is InChI=1S/C18H20Cl4N2O2/c1-9(2)25-17-7-15(11(19)5-13(17)21)23-24-16-8-18(26-10(3)4)14(22)6-12(16)20/h5-10,23-24H,1-4H3. The lowest BCUT2D eigenvalue weighted by Gasteiger charge is -2.18. The van der Waals surface area contributed by atoms with Gasteiger partial charge in [-0.15, -0.1) is 0 Å². The van der Waals surface area contributed by atoms with Crippen molar-refractivity contribution in [2.45, 2.75) is 39.9 Å². The van der Waals surface area contributed by atoms with Crippen LogP contribution in [0.15, 0.2) is 24.3 Å². The molecule has 2 aromatic rings. The molecule has 0 fully saturated rings. The summed E-state index contributed by atoms with van der Waals surface area (Å²) in [5.74, 6) is 1.06. The molecule has 0 aliphatic rings. The molecule has 8 heteroatoms. The third-order valence-electron chi connectivity index (χ3n) is 3.10. The summed E-state index contributed by atoms with van der Waals surface area (Å²) in [7, 11) is 0. The molecule has 0 aliphatic carbocycles. The van der Waals surface area contributed by atoms with E-state index in [-0.39, 0.29) is 12.2 Å². The highest BCUT2D eigenvalue weighted by atomic mass is 35.5. The predicted octanol–water partition coefficient (Wildman–Crippen LogP) is 7.31. The van der Waals surface area contributed by atoms with Gasteiger partial charge in [0.25, 0.3) is 0 Å². The Bertz CT molecular complexity index is 717. The molecule has 0 atom stereocenters. The maximum atomic E-state index is 6.25. The van der Waals surface area contributed by atoms with E-state index in [1.54, 1.807) is 24.3 Å². The molecule has 2 aromatic carbocycles. The molecular weight excluding hydrogens is 418 g/mol. The maximum absolute atomic E-state index is 6.25. The minimum atomic E-state index is -0.0177. The predicted molar refractivity (Wildman–Crippen MR) is 112 cm³/mol. The molecule has 0 unspecified atom stereocenters. The normalized spacial score (nSPS) is 11.0. The van der Waals surface area contributed by atoms with Crippen LogP contribution in [0.3, 0.4) is 0 Å². The molecule has 0 aromatic heterocycles. The average molecular weight is 438 g/mol. The zero-order valence-corrected chi connectivity index (χ0v) is 17.8. The van der Waals surface area contributed by atoms with E-state index in [1.807, 2.05) is 27.7 Å². The van der Waals surface area contributed by atoms with Gasteiger partial charge in [-0.25, -0.2) is 0 Å². The third kappa shape index (κ3) is 5.65. The Morgan fingerprint density at radius 2 is 0.962 bits per heavy atom. The summed E-state index contributed by atoms with van der Waals surface area (Å²) in [6.07, 6.45) is -0.0353. The molecule has 2 rings (SSSR count). The number of nitrogens with one attached hydrogen (secondary N) is 2. The first-order chi connectivity index (χ1) is 12.2.